The maximum Gasteiger partial charge on any atom is 0.229 e. The van der Waals surface area contributed by atoms with Crippen LogP contribution in [0.3, 0.4) is 0 Å². The van der Waals surface area contributed by atoms with Crippen LogP contribution >= 0.6 is 0 Å². The van der Waals surface area contributed by atoms with Crippen LogP contribution in [0.25, 0.3) is 16.6 Å². The number of fused-ring (bicyclic) bond motifs is 1. The van der Waals surface area contributed by atoms with Gasteiger partial charge in [-0.25, -0.2) is 14.6 Å². The Labute approximate surface area is 167 Å². The van der Waals surface area contributed by atoms with Gasteiger partial charge in [0.1, 0.15) is 17.3 Å². The molecule has 1 aromatic carbocycles. The second-order valence-corrected chi connectivity index (χ2v) is 6.31. The number of aryl methyl sites for hydroxylation is 1. The molecular weight excluding hydrogens is 370 g/mol. The molecule has 0 radical (unpaired) electrons. The van der Waals surface area contributed by atoms with Crippen LogP contribution in [0.1, 0.15) is 5.69 Å². The molecule has 2 N–H and O–H groups in total. The molecule has 0 unspecified atom stereocenters. The van der Waals surface area contributed by atoms with Crippen molar-refractivity contribution in [3.63, 3.8) is 0 Å². The van der Waals surface area contributed by atoms with Crippen molar-refractivity contribution in [3.05, 3.63) is 48.4 Å². The minimum Gasteiger partial charge on any atom is -0.494 e. The van der Waals surface area contributed by atoms with Gasteiger partial charge in [-0.15, -0.1) is 0 Å². The molecule has 0 aliphatic rings. The van der Waals surface area contributed by atoms with Gasteiger partial charge >= 0.3 is 0 Å². The molecule has 29 heavy (non-hydrogen) atoms. The lowest BCUT2D eigenvalue weighted by molar-refractivity contribution is 0.403. The first kappa shape index (κ1) is 18.5. The topological polar surface area (TPSA) is 99.0 Å². The van der Waals surface area contributed by atoms with Crippen molar-refractivity contribution >= 4 is 28.4 Å². The van der Waals surface area contributed by atoms with E-state index in [4.69, 9.17) is 9.47 Å². The van der Waals surface area contributed by atoms with Crippen molar-refractivity contribution in [2.45, 2.75) is 6.92 Å². The van der Waals surface area contributed by atoms with Crippen LogP contribution in [0.5, 0.6) is 11.6 Å². The molecule has 3 heterocycles. The van der Waals surface area contributed by atoms with Crippen molar-refractivity contribution < 1.29 is 9.47 Å². The number of anilines is 3. The number of methoxy groups -OCH3 is 2. The van der Waals surface area contributed by atoms with Gasteiger partial charge < -0.3 is 20.1 Å². The summed E-state index contributed by atoms with van der Waals surface area (Å²) in [4.78, 5) is 13.1. The highest BCUT2D eigenvalue weighted by Gasteiger charge is 2.13. The molecule has 0 fully saturated rings. The summed E-state index contributed by atoms with van der Waals surface area (Å²) in [6, 6.07) is 9.41. The van der Waals surface area contributed by atoms with Gasteiger partial charge in [-0.3, -0.25) is 0 Å². The van der Waals surface area contributed by atoms with E-state index in [1.807, 2.05) is 50.5 Å². The fraction of sp³-hybridized carbons (Fsp3) is 0.200. The van der Waals surface area contributed by atoms with Crippen molar-refractivity contribution in [2.75, 3.05) is 31.9 Å². The van der Waals surface area contributed by atoms with E-state index in [-0.39, 0.29) is 0 Å². The highest BCUT2D eigenvalue weighted by molar-refractivity contribution is 5.83. The fourth-order valence-corrected chi connectivity index (χ4v) is 3.03. The van der Waals surface area contributed by atoms with E-state index in [0.29, 0.717) is 17.6 Å². The standard InChI is InChI=1S/C20H21N7O2/c1-12-9-18(21-2)25-20(23-12)24-13-5-6-17(28-3)16(10-13)27-11-14-15(26-27)7-8-22-19(14)29-4/h5-11H,1-4H3,(H2,21,23,24,25). The van der Waals surface area contributed by atoms with E-state index in [1.54, 1.807) is 25.1 Å². The van der Waals surface area contributed by atoms with Crippen LogP contribution in [0, 0.1) is 6.92 Å². The smallest absolute Gasteiger partial charge is 0.229 e. The average Bonchev–Trinajstić information content (AvgIpc) is 3.17. The van der Waals surface area contributed by atoms with E-state index in [0.717, 1.165) is 33.8 Å². The molecule has 3 aromatic heterocycles. The average molecular weight is 391 g/mol. The number of nitrogens with zero attached hydrogens (tertiary/aromatic N) is 5. The van der Waals surface area contributed by atoms with Crippen LogP contribution in [0.2, 0.25) is 0 Å². The molecule has 0 atom stereocenters. The molecule has 0 spiro atoms. The third kappa shape index (κ3) is 3.62. The first-order valence-corrected chi connectivity index (χ1v) is 8.98. The highest BCUT2D eigenvalue weighted by atomic mass is 16.5. The van der Waals surface area contributed by atoms with Crippen molar-refractivity contribution in [1.29, 1.82) is 0 Å². The summed E-state index contributed by atoms with van der Waals surface area (Å²) in [6.45, 7) is 1.92. The maximum atomic E-state index is 5.54. The predicted molar refractivity (Wildman–Crippen MR) is 112 cm³/mol. The molecule has 0 aliphatic carbocycles. The molecule has 0 bridgehead atoms. The molecule has 0 saturated carbocycles. The van der Waals surface area contributed by atoms with Crippen LogP contribution in [-0.2, 0) is 0 Å². The Morgan fingerprint density at radius 1 is 1.03 bits per heavy atom. The molecule has 4 aromatic rings. The third-order valence-corrected chi connectivity index (χ3v) is 4.38. The number of hydrogen-bond donors (Lipinski definition) is 2. The quantitative estimate of drug-likeness (QED) is 0.516. The second-order valence-electron chi connectivity index (χ2n) is 6.31. The van der Waals surface area contributed by atoms with Gasteiger partial charge in [0.2, 0.25) is 11.8 Å². The van der Waals surface area contributed by atoms with E-state index in [1.165, 1.54) is 0 Å². The number of ether oxygens (including phenoxy) is 2. The van der Waals surface area contributed by atoms with E-state index in [2.05, 4.69) is 30.7 Å². The number of nitrogens with one attached hydrogen (secondary N) is 2. The van der Waals surface area contributed by atoms with E-state index >= 15 is 0 Å². The summed E-state index contributed by atoms with van der Waals surface area (Å²) in [5.74, 6) is 2.44. The Bertz CT molecular complexity index is 1170. The van der Waals surface area contributed by atoms with Crippen LogP contribution in [0.4, 0.5) is 17.5 Å². The van der Waals surface area contributed by atoms with Gasteiger partial charge in [-0.1, -0.05) is 0 Å². The summed E-state index contributed by atoms with van der Waals surface area (Å²) in [5.41, 5.74) is 3.20. The summed E-state index contributed by atoms with van der Waals surface area (Å²) < 4.78 is 12.6. The van der Waals surface area contributed by atoms with Gasteiger partial charge in [0, 0.05) is 36.9 Å². The minimum absolute atomic E-state index is 0.502. The zero-order valence-electron chi connectivity index (χ0n) is 16.6. The van der Waals surface area contributed by atoms with Crippen LogP contribution < -0.4 is 20.1 Å². The van der Waals surface area contributed by atoms with Crippen LogP contribution in [-0.4, -0.2) is 46.0 Å². The molecule has 4 rings (SSSR count). The summed E-state index contributed by atoms with van der Waals surface area (Å²) in [5, 5.41) is 11.7. The molecule has 9 nitrogen and oxygen atoms in total. The van der Waals surface area contributed by atoms with Gasteiger partial charge in [-0.05, 0) is 31.2 Å². The maximum absolute atomic E-state index is 5.54. The lowest BCUT2D eigenvalue weighted by atomic mass is 10.2. The molecule has 0 aliphatic heterocycles. The number of rotatable bonds is 6. The lowest BCUT2D eigenvalue weighted by Crippen LogP contribution is -2.04. The Balaban J connectivity index is 1.75. The highest BCUT2D eigenvalue weighted by Crippen LogP contribution is 2.30. The largest absolute Gasteiger partial charge is 0.494 e. The van der Waals surface area contributed by atoms with Gasteiger partial charge in [0.15, 0.2) is 0 Å². The molecule has 0 saturated heterocycles. The van der Waals surface area contributed by atoms with Gasteiger partial charge in [0.25, 0.3) is 0 Å². The van der Waals surface area contributed by atoms with Crippen molar-refractivity contribution in [1.82, 2.24) is 24.7 Å². The Morgan fingerprint density at radius 3 is 2.66 bits per heavy atom. The summed E-state index contributed by atoms with van der Waals surface area (Å²) >= 11 is 0. The minimum atomic E-state index is 0.502. The molecule has 0 amide bonds. The Hall–Kier alpha value is -3.88. The normalized spacial score (nSPS) is 10.8. The Kier molecular flexibility index (Phi) is 4.86. The van der Waals surface area contributed by atoms with E-state index in [9.17, 15) is 0 Å². The zero-order valence-corrected chi connectivity index (χ0v) is 16.6. The lowest BCUT2D eigenvalue weighted by Gasteiger charge is -2.12. The van der Waals surface area contributed by atoms with Crippen molar-refractivity contribution in [2.24, 2.45) is 0 Å². The SMILES string of the molecule is CNc1cc(C)nc(Nc2ccc(OC)c(-n3cc4c(OC)nccc4n3)c2)n1. The van der Waals surface area contributed by atoms with Crippen molar-refractivity contribution in [3.8, 4) is 17.3 Å². The van der Waals surface area contributed by atoms with Gasteiger partial charge in [0.05, 0.1) is 25.1 Å². The van der Waals surface area contributed by atoms with Crippen LogP contribution in [0.15, 0.2) is 42.7 Å². The summed E-state index contributed by atoms with van der Waals surface area (Å²) in [7, 11) is 5.04. The third-order valence-electron chi connectivity index (χ3n) is 4.38. The monoisotopic (exact) mass is 391 g/mol. The molecular formula is C20H21N7O2. The zero-order chi connectivity index (χ0) is 20.4. The van der Waals surface area contributed by atoms with Gasteiger partial charge in [-0.2, -0.15) is 10.1 Å². The number of benzene rings is 1. The summed E-state index contributed by atoms with van der Waals surface area (Å²) in [6.07, 6.45) is 3.53. The molecule has 9 heteroatoms. The fourth-order valence-electron chi connectivity index (χ4n) is 3.03. The first-order valence-electron chi connectivity index (χ1n) is 8.98. The predicted octanol–water partition coefficient (Wildman–Crippen LogP) is 3.32. The first-order chi connectivity index (χ1) is 14.1. The number of aromatic nitrogens is 5. The number of pyridine rings is 1. The number of hydrogen-bond acceptors (Lipinski definition) is 8. The van der Waals surface area contributed by atoms with E-state index < -0.39 is 0 Å². The second kappa shape index (κ2) is 7.63. The Morgan fingerprint density at radius 2 is 1.90 bits per heavy atom. The molecule has 148 valence electrons.